The fourth-order valence-electron chi connectivity index (χ4n) is 2.03. The largest absolute Gasteiger partial charge is 0.462 e. The Hall–Kier alpha value is -1.77. The molecule has 0 bridgehead atoms. The summed E-state index contributed by atoms with van der Waals surface area (Å²) in [5.74, 6) is -0.260. The minimum absolute atomic E-state index is 0.260. The quantitative estimate of drug-likeness (QED) is 0.816. The Morgan fingerprint density at radius 2 is 2.11 bits per heavy atom. The van der Waals surface area contributed by atoms with Crippen molar-refractivity contribution in [3.05, 3.63) is 35.5 Å². The van der Waals surface area contributed by atoms with Crippen molar-refractivity contribution in [2.45, 2.75) is 33.1 Å². The Bertz CT molecular complexity index is 542. The number of aromatic nitrogens is 1. The molecule has 0 aliphatic heterocycles. The van der Waals surface area contributed by atoms with Gasteiger partial charge < -0.3 is 9.72 Å². The van der Waals surface area contributed by atoms with Crippen molar-refractivity contribution in [1.29, 1.82) is 0 Å². The van der Waals surface area contributed by atoms with Gasteiger partial charge in [-0.25, -0.2) is 4.79 Å². The first kappa shape index (κ1) is 12.7. The van der Waals surface area contributed by atoms with Gasteiger partial charge in [-0.3, -0.25) is 0 Å². The lowest BCUT2D eigenvalue weighted by atomic mass is 10.1. The maximum atomic E-state index is 11.6. The molecule has 0 radical (unpaired) electrons. The van der Waals surface area contributed by atoms with Gasteiger partial charge in [0, 0.05) is 11.2 Å². The highest BCUT2D eigenvalue weighted by Gasteiger charge is 2.08. The molecule has 1 aromatic carbocycles. The first-order chi connectivity index (χ1) is 8.74. The van der Waals surface area contributed by atoms with E-state index in [-0.39, 0.29) is 5.97 Å². The van der Waals surface area contributed by atoms with Crippen LogP contribution in [0.3, 0.4) is 0 Å². The van der Waals surface area contributed by atoms with E-state index in [0.29, 0.717) is 12.2 Å². The van der Waals surface area contributed by atoms with Crippen LogP contribution in [0.5, 0.6) is 0 Å². The second-order valence-corrected chi connectivity index (χ2v) is 4.42. The van der Waals surface area contributed by atoms with E-state index in [1.807, 2.05) is 25.1 Å². The summed E-state index contributed by atoms with van der Waals surface area (Å²) in [5, 5.41) is 1.15. The number of rotatable bonds is 5. The van der Waals surface area contributed by atoms with Gasteiger partial charge in [0.2, 0.25) is 0 Å². The van der Waals surface area contributed by atoms with Gasteiger partial charge in [-0.2, -0.15) is 0 Å². The number of fused-ring (bicyclic) bond motifs is 1. The number of hydrogen-bond acceptors (Lipinski definition) is 2. The molecular weight excluding hydrogens is 226 g/mol. The summed E-state index contributed by atoms with van der Waals surface area (Å²) in [6, 6.07) is 7.80. The van der Waals surface area contributed by atoms with Gasteiger partial charge >= 0.3 is 5.97 Å². The molecule has 1 N–H and O–H groups in total. The van der Waals surface area contributed by atoms with Crippen LogP contribution in [0, 0.1) is 0 Å². The fraction of sp³-hybridized carbons (Fsp3) is 0.400. The predicted molar refractivity (Wildman–Crippen MR) is 72.9 cm³/mol. The van der Waals surface area contributed by atoms with Gasteiger partial charge in [-0.1, -0.05) is 19.4 Å². The molecule has 2 rings (SSSR count). The third-order valence-corrected chi connectivity index (χ3v) is 2.99. The van der Waals surface area contributed by atoms with Gasteiger partial charge in [0.25, 0.3) is 0 Å². The zero-order chi connectivity index (χ0) is 13.0. The first-order valence-corrected chi connectivity index (χ1v) is 6.53. The zero-order valence-corrected chi connectivity index (χ0v) is 11.0. The molecule has 0 unspecified atom stereocenters. The summed E-state index contributed by atoms with van der Waals surface area (Å²) >= 11 is 0. The average molecular weight is 245 g/mol. The fourth-order valence-corrected chi connectivity index (χ4v) is 2.03. The number of hydrogen-bond donors (Lipinski definition) is 1. The number of H-pyrrole nitrogens is 1. The lowest BCUT2D eigenvalue weighted by molar-refractivity contribution is 0.0526. The smallest absolute Gasteiger partial charge is 0.338 e. The lowest BCUT2D eigenvalue weighted by Crippen LogP contribution is -2.03. The molecule has 0 spiro atoms. The molecule has 0 atom stereocenters. The van der Waals surface area contributed by atoms with E-state index in [4.69, 9.17) is 4.74 Å². The summed E-state index contributed by atoms with van der Waals surface area (Å²) in [5.41, 5.74) is 2.84. The Morgan fingerprint density at radius 1 is 1.28 bits per heavy atom. The Kier molecular flexibility index (Phi) is 4.03. The molecule has 0 aliphatic rings. The van der Waals surface area contributed by atoms with Crippen LogP contribution in [0.4, 0.5) is 0 Å². The van der Waals surface area contributed by atoms with E-state index < -0.39 is 0 Å². The highest BCUT2D eigenvalue weighted by atomic mass is 16.5. The van der Waals surface area contributed by atoms with Gasteiger partial charge in [0.05, 0.1) is 12.2 Å². The van der Waals surface area contributed by atoms with Crippen molar-refractivity contribution in [3.63, 3.8) is 0 Å². The van der Waals surface area contributed by atoms with Crippen LogP contribution in [0.2, 0.25) is 0 Å². The standard InChI is InChI=1S/C15H19NO2/c1-3-5-6-13-9-11-7-8-12(10-14(11)16-13)15(17)18-4-2/h7-10,16H,3-6H2,1-2H3. The summed E-state index contributed by atoms with van der Waals surface area (Å²) in [7, 11) is 0. The Morgan fingerprint density at radius 3 is 2.83 bits per heavy atom. The summed E-state index contributed by atoms with van der Waals surface area (Å²) in [4.78, 5) is 15.0. The van der Waals surface area contributed by atoms with E-state index in [0.717, 1.165) is 17.3 Å². The number of carbonyl (C=O) groups is 1. The number of esters is 1. The molecule has 2 aromatic rings. The van der Waals surface area contributed by atoms with Gasteiger partial charge in [0.15, 0.2) is 0 Å². The number of unbranched alkanes of at least 4 members (excludes halogenated alkanes) is 1. The van der Waals surface area contributed by atoms with Crippen molar-refractivity contribution < 1.29 is 9.53 Å². The van der Waals surface area contributed by atoms with E-state index in [2.05, 4.69) is 18.0 Å². The van der Waals surface area contributed by atoms with E-state index in [1.165, 1.54) is 18.5 Å². The highest BCUT2D eigenvalue weighted by Crippen LogP contribution is 2.19. The summed E-state index contributed by atoms with van der Waals surface area (Å²) < 4.78 is 5.00. The van der Waals surface area contributed by atoms with E-state index >= 15 is 0 Å². The van der Waals surface area contributed by atoms with Gasteiger partial charge in [-0.15, -0.1) is 0 Å². The number of aryl methyl sites for hydroxylation is 1. The van der Waals surface area contributed by atoms with Crippen LogP contribution in [0.1, 0.15) is 42.7 Å². The first-order valence-electron chi connectivity index (χ1n) is 6.53. The van der Waals surface area contributed by atoms with Crippen molar-refractivity contribution in [1.82, 2.24) is 4.98 Å². The monoisotopic (exact) mass is 245 g/mol. The van der Waals surface area contributed by atoms with Crippen LogP contribution in [-0.4, -0.2) is 17.6 Å². The second kappa shape index (κ2) is 5.71. The molecule has 1 aromatic heterocycles. The molecular formula is C15H19NO2. The maximum absolute atomic E-state index is 11.6. The minimum atomic E-state index is -0.260. The van der Waals surface area contributed by atoms with E-state index in [9.17, 15) is 4.79 Å². The SMILES string of the molecule is CCCCc1cc2ccc(C(=O)OCC)cc2[nH]1. The molecule has 0 fully saturated rings. The summed E-state index contributed by atoms with van der Waals surface area (Å²) in [6.07, 6.45) is 3.42. The molecule has 0 amide bonds. The molecule has 3 heteroatoms. The van der Waals surface area contributed by atoms with Crippen molar-refractivity contribution >= 4 is 16.9 Å². The number of nitrogens with one attached hydrogen (secondary N) is 1. The normalized spacial score (nSPS) is 10.8. The molecule has 0 aliphatic carbocycles. The van der Waals surface area contributed by atoms with Crippen LogP contribution >= 0.6 is 0 Å². The van der Waals surface area contributed by atoms with Gasteiger partial charge in [-0.05, 0) is 43.4 Å². The van der Waals surface area contributed by atoms with Crippen LogP contribution < -0.4 is 0 Å². The predicted octanol–water partition coefficient (Wildman–Crippen LogP) is 3.69. The molecule has 1 heterocycles. The highest BCUT2D eigenvalue weighted by molar-refractivity contribution is 5.94. The number of benzene rings is 1. The number of aromatic amines is 1. The van der Waals surface area contributed by atoms with Crippen LogP contribution in [0.15, 0.2) is 24.3 Å². The maximum Gasteiger partial charge on any atom is 0.338 e. The lowest BCUT2D eigenvalue weighted by Gasteiger charge is -2.01. The second-order valence-electron chi connectivity index (χ2n) is 4.42. The molecule has 0 saturated heterocycles. The minimum Gasteiger partial charge on any atom is -0.462 e. The Labute approximate surface area is 107 Å². The number of ether oxygens (including phenoxy) is 1. The molecule has 18 heavy (non-hydrogen) atoms. The molecule has 0 saturated carbocycles. The average Bonchev–Trinajstić information content (AvgIpc) is 2.78. The Balaban J connectivity index is 2.25. The van der Waals surface area contributed by atoms with Crippen LogP contribution in [-0.2, 0) is 11.2 Å². The molecule has 96 valence electrons. The van der Waals surface area contributed by atoms with Crippen LogP contribution in [0.25, 0.3) is 10.9 Å². The van der Waals surface area contributed by atoms with E-state index in [1.54, 1.807) is 0 Å². The number of carbonyl (C=O) groups excluding carboxylic acids is 1. The van der Waals surface area contributed by atoms with Gasteiger partial charge in [0.1, 0.15) is 0 Å². The van der Waals surface area contributed by atoms with Crippen molar-refractivity contribution in [3.8, 4) is 0 Å². The third-order valence-electron chi connectivity index (χ3n) is 2.99. The van der Waals surface area contributed by atoms with Crippen molar-refractivity contribution in [2.24, 2.45) is 0 Å². The zero-order valence-electron chi connectivity index (χ0n) is 11.0. The van der Waals surface area contributed by atoms with Crippen molar-refractivity contribution in [2.75, 3.05) is 6.61 Å². The summed E-state index contributed by atoms with van der Waals surface area (Å²) in [6.45, 7) is 4.40. The third kappa shape index (κ3) is 2.73. The molecule has 3 nitrogen and oxygen atoms in total. The topological polar surface area (TPSA) is 42.1 Å².